The Labute approximate surface area is 116 Å². The summed E-state index contributed by atoms with van der Waals surface area (Å²) < 4.78 is 0. The second-order valence-electron chi connectivity index (χ2n) is 5.60. The van der Waals surface area contributed by atoms with Gasteiger partial charge in [-0.15, -0.1) is 0 Å². The Morgan fingerprint density at radius 1 is 1.30 bits per heavy atom. The molecule has 7 nitrogen and oxygen atoms in total. The normalized spacial score (nSPS) is 12.1. The summed E-state index contributed by atoms with van der Waals surface area (Å²) in [6.07, 6.45) is 0. The molecular weight excluding hydrogens is 264 g/mol. The van der Waals surface area contributed by atoms with Crippen molar-refractivity contribution in [3.8, 4) is 0 Å². The van der Waals surface area contributed by atoms with Crippen LogP contribution in [0.5, 0.6) is 0 Å². The first-order valence-electron chi connectivity index (χ1n) is 5.98. The monoisotopic (exact) mass is 282 g/mol. The molecule has 0 saturated carbocycles. The highest BCUT2D eigenvalue weighted by atomic mass is 16.6. The molecule has 110 valence electrons. The Balaban J connectivity index is 3.26. The summed E-state index contributed by atoms with van der Waals surface area (Å²) >= 11 is 0. The van der Waals surface area contributed by atoms with Crippen LogP contribution in [0.25, 0.3) is 0 Å². The van der Waals surface area contributed by atoms with Gasteiger partial charge in [-0.05, 0) is 39.8 Å². The first-order chi connectivity index (χ1) is 8.95. The maximum atomic E-state index is 11.0. The molecule has 0 spiro atoms. The minimum absolute atomic E-state index is 0.159. The van der Waals surface area contributed by atoms with Gasteiger partial charge >= 0.3 is 5.97 Å². The number of nitrogens with zero attached hydrogens (tertiary/aromatic N) is 1. The molecule has 0 aliphatic heterocycles. The topological polar surface area (TPSA) is 113 Å². The number of aliphatic hydroxyl groups is 1. The van der Waals surface area contributed by atoms with Crippen LogP contribution in [0.2, 0.25) is 0 Å². The van der Waals surface area contributed by atoms with Crippen LogP contribution in [0.3, 0.4) is 0 Å². The lowest BCUT2D eigenvalue weighted by molar-refractivity contribution is -0.384. The zero-order valence-electron chi connectivity index (χ0n) is 11.8. The summed E-state index contributed by atoms with van der Waals surface area (Å²) in [6, 6.07) is 3.60. The van der Waals surface area contributed by atoms with E-state index < -0.39 is 22.0 Å². The van der Waals surface area contributed by atoms with Gasteiger partial charge < -0.3 is 15.5 Å². The first-order valence-corrected chi connectivity index (χ1v) is 5.98. The number of carboxylic acids is 1. The number of nitro benzene ring substituents is 1. The zero-order chi connectivity index (χ0) is 15.7. The SMILES string of the molecule is CC(C)(O)C(C)(C)Nc1ccc(C(=O)O)cc1[N+](=O)[O-]. The second kappa shape index (κ2) is 5.09. The summed E-state index contributed by atoms with van der Waals surface area (Å²) in [5, 5.41) is 32.8. The van der Waals surface area contributed by atoms with E-state index in [0.29, 0.717) is 0 Å². The third kappa shape index (κ3) is 3.24. The van der Waals surface area contributed by atoms with E-state index in [0.717, 1.165) is 6.07 Å². The number of carbonyl (C=O) groups is 1. The number of anilines is 1. The number of hydrogen-bond donors (Lipinski definition) is 3. The highest BCUT2D eigenvalue weighted by molar-refractivity contribution is 5.89. The van der Waals surface area contributed by atoms with Crippen molar-refractivity contribution in [3.05, 3.63) is 33.9 Å². The van der Waals surface area contributed by atoms with Crippen molar-refractivity contribution in [2.45, 2.75) is 38.8 Å². The molecule has 0 aliphatic rings. The van der Waals surface area contributed by atoms with Crippen LogP contribution < -0.4 is 5.32 Å². The van der Waals surface area contributed by atoms with Crippen LogP contribution in [-0.4, -0.2) is 32.2 Å². The lowest BCUT2D eigenvalue weighted by Gasteiger charge is -2.38. The third-order valence-corrected chi connectivity index (χ3v) is 3.42. The summed E-state index contributed by atoms with van der Waals surface area (Å²) in [5.41, 5.74) is -2.33. The number of nitro groups is 1. The quantitative estimate of drug-likeness (QED) is 0.564. The van der Waals surface area contributed by atoms with E-state index in [2.05, 4.69) is 5.32 Å². The van der Waals surface area contributed by atoms with Crippen LogP contribution in [0.4, 0.5) is 11.4 Å². The van der Waals surface area contributed by atoms with Crippen LogP contribution >= 0.6 is 0 Å². The molecule has 0 heterocycles. The lowest BCUT2D eigenvalue weighted by atomic mass is 9.85. The van der Waals surface area contributed by atoms with Gasteiger partial charge in [-0.3, -0.25) is 10.1 Å². The Hall–Kier alpha value is -2.15. The molecule has 3 N–H and O–H groups in total. The molecule has 1 aromatic rings. The van der Waals surface area contributed by atoms with Crippen LogP contribution in [0, 0.1) is 10.1 Å². The largest absolute Gasteiger partial charge is 0.478 e. The summed E-state index contributed by atoms with van der Waals surface area (Å²) in [6.45, 7) is 6.55. The molecule has 0 unspecified atom stereocenters. The summed E-state index contributed by atoms with van der Waals surface area (Å²) in [4.78, 5) is 21.2. The van der Waals surface area contributed by atoms with Gasteiger partial charge in [0.2, 0.25) is 0 Å². The molecule has 0 radical (unpaired) electrons. The average Bonchev–Trinajstić information content (AvgIpc) is 2.26. The van der Waals surface area contributed by atoms with Gasteiger partial charge in [-0.1, -0.05) is 0 Å². The molecule has 0 amide bonds. The summed E-state index contributed by atoms with van der Waals surface area (Å²) in [7, 11) is 0. The van der Waals surface area contributed by atoms with E-state index in [1.54, 1.807) is 27.7 Å². The standard InChI is InChI=1S/C13H18N2O5/c1-12(2,13(3,4)18)14-9-6-5-8(11(16)17)7-10(9)15(19)20/h5-7,14,18H,1-4H3,(H,16,17). The van der Waals surface area contributed by atoms with Crippen LogP contribution in [0.15, 0.2) is 18.2 Å². The molecule has 0 saturated heterocycles. The number of hydrogen-bond acceptors (Lipinski definition) is 5. The molecule has 7 heteroatoms. The van der Waals surface area contributed by atoms with E-state index in [4.69, 9.17) is 5.11 Å². The van der Waals surface area contributed by atoms with E-state index in [9.17, 15) is 20.0 Å². The van der Waals surface area contributed by atoms with Crippen molar-refractivity contribution in [1.29, 1.82) is 0 Å². The van der Waals surface area contributed by atoms with Gasteiger partial charge in [0, 0.05) is 6.07 Å². The van der Waals surface area contributed by atoms with Gasteiger partial charge in [-0.2, -0.15) is 0 Å². The molecule has 0 fully saturated rings. The molecule has 0 aromatic heterocycles. The lowest BCUT2D eigenvalue weighted by Crippen LogP contribution is -2.51. The number of rotatable bonds is 5. The fourth-order valence-corrected chi connectivity index (χ4v) is 1.41. The van der Waals surface area contributed by atoms with Gasteiger partial charge in [0.25, 0.3) is 5.69 Å². The first kappa shape index (κ1) is 15.9. The van der Waals surface area contributed by atoms with E-state index >= 15 is 0 Å². The maximum Gasteiger partial charge on any atom is 0.335 e. The minimum atomic E-state index is -1.23. The van der Waals surface area contributed by atoms with Crippen LogP contribution in [-0.2, 0) is 0 Å². The molecule has 0 bridgehead atoms. The zero-order valence-corrected chi connectivity index (χ0v) is 11.8. The maximum absolute atomic E-state index is 11.0. The Bertz CT molecular complexity index is 546. The highest BCUT2D eigenvalue weighted by Gasteiger charge is 2.36. The average molecular weight is 282 g/mol. The van der Waals surface area contributed by atoms with Gasteiger partial charge in [0.05, 0.1) is 21.6 Å². The highest BCUT2D eigenvalue weighted by Crippen LogP contribution is 2.32. The number of aromatic carboxylic acids is 1. The van der Waals surface area contributed by atoms with Crippen molar-refractivity contribution >= 4 is 17.3 Å². The van der Waals surface area contributed by atoms with Crippen molar-refractivity contribution in [2.75, 3.05) is 5.32 Å². The van der Waals surface area contributed by atoms with Crippen molar-refractivity contribution in [1.82, 2.24) is 0 Å². The minimum Gasteiger partial charge on any atom is -0.478 e. The Morgan fingerprint density at radius 2 is 1.85 bits per heavy atom. The van der Waals surface area contributed by atoms with Crippen molar-refractivity contribution < 1.29 is 19.9 Å². The molecular formula is C13H18N2O5. The molecule has 0 atom stereocenters. The Kier molecular flexibility index (Phi) is 4.04. The van der Waals surface area contributed by atoms with Gasteiger partial charge in [0.1, 0.15) is 5.69 Å². The van der Waals surface area contributed by atoms with Gasteiger partial charge in [-0.25, -0.2) is 4.79 Å². The van der Waals surface area contributed by atoms with E-state index in [1.807, 2.05) is 0 Å². The fraction of sp³-hybridized carbons (Fsp3) is 0.462. The molecule has 1 rings (SSSR count). The third-order valence-electron chi connectivity index (χ3n) is 3.42. The van der Waals surface area contributed by atoms with E-state index in [1.165, 1.54) is 12.1 Å². The van der Waals surface area contributed by atoms with Crippen LogP contribution in [0.1, 0.15) is 38.1 Å². The van der Waals surface area contributed by atoms with Gasteiger partial charge in [0.15, 0.2) is 0 Å². The number of benzene rings is 1. The predicted octanol–water partition coefficient (Wildman–Crippen LogP) is 2.25. The smallest absolute Gasteiger partial charge is 0.335 e. The predicted molar refractivity (Wildman–Crippen MR) is 74.1 cm³/mol. The molecule has 0 aliphatic carbocycles. The Morgan fingerprint density at radius 3 is 2.25 bits per heavy atom. The van der Waals surface area contributed by atoms with Crippen molar-refractivity contribution in [2.24, 2.45) is 0 Å². The molecule has 20 heavy (non-hydrogen) atoms. The number of carboxylic acid groups (broad SMARTS) is 1. The number of nitrogens with one attached hydrogen (secondary N) is 1. The second-order valence-corrected chi connectivity index (χ2v) is 5.60. The fourth-order valence-electron chi connectivity index (χ4n) is 1.41. The summed E-state index contributed by atoms with van der Waals surface area (Å²) in [5.74, 6) is -1.23. The van der Waals surface area contributed by atoms with Crippen molar-refractivity contribution in [3.63, 3.8) is 0 Å². The molecule has 1 aromatic carbocycles. The van der Waals surface area contributed by atoms with E-state index in [-0.39, 0.29) is 16.9 Å².